The Morgan fingerprint density at radius 3 is 2.86 bits per heavy atom. The normalized spacial score (nSPS) is 13.0. The fraction of sp³-hybridized carbons (Fsp3) is 0.292. The van der Waals surface area contributed by atoms with E-state index in [1.807, 2.05) is 16.7 Å². The third kappa shape index (κ3) is 4.39. The summed E-state index contributed by atoms with van der Waals surface area (Å²) in [5.74, 6) is 0.947. The van der Waals surface area contributed by atoms with Gasteiger partial charge in [-0.05, 0) is 31.0 Å². The van der Waals surface area contributed by atoms with Gasteiger partial charge < -0.3 is 19.2 Å². The minimum atomic E-state index is -0.410. The highest BCUT2D eigenvalue weighted by molar-refractivity contribution is 5.96. The number of amides is 2. The van der Waals surface area contributed by atoms with Crippen LogP contribution in [0.5, 0.6) is 0 Å². The molecule has 4 aromatic rings. The lowest BCUT2D eigenvalue weighted by Gasteiger charge is -2.28. The van der Waals surface area contributed by atoms with E-state index in [-0.39, 0.29) is 18.0 Å². The molecule has 2 amide bonds. The molecule has 35 heavy (non-hydrogen) atoms. The molecule has 0 aliphatic carbocycles. The molecule has 11 nitrogen and oxygen atoms in total. The second-order valence-electron chi connectivity index (χ2n) is 8.27. The molecule has 0 spiro atoms. The fourth-order valence-electron chi connectivity index (χ4n) is 4.51. The fourth-order valence-corrected chi connectivity index (χ4v) is 4.51. The van der Waals surface area contributed by atoms with Crippen LogP contribution in [0.1, 0.15) is 17.8 Å². The number of hydrogen-bond acceptors (Lipinski definition) is 6. The first-order valence-corrected chi connectivity index (χ1v) is 11.4. The lowest BCUT2D eigenvalue weighted by atomic mass is 10.0. The molecular formula is C24H25N7O4. The van der Waals surface area contributed by atoms with Gasteiger partial charge in [0, 0.05) is 43.4 Å². The highest BCUT2D eigenvalue weighted by Crippen LogP contribution is 2.34. The molecule has 0 bridgehead atoms. The first-order chi connectivity index (χ1) is 17.0. The number of carbonyl (C=O) groups is 2. The van der Waals surface area contributed by atoms with Gasteiger partial charge in [-0.3, -0.25) is 19.6 Å². The molecule has 0 radical (unpaired) electrons. The largest absolute Gasteiger partial charge is 0.452 e. The summed E-state index contributed by atoms with van der Waals surface area (Å²) >= 11 is 0. The van der Waals surface area contributed by atoms with Crippen LogP contribution in [0.4, 0.5) is 16.3 Å². The molecule has 3 aromatic heterocycles. The molecule has 4 heterocycles. The van der Waals surface area contributed by atoms with Crippen molar-refractivity contribution in [1.29, 1.82) is 0 Å². The molecule has 0 fully saturated rings. The third-order valence-electron chi connectivity index (χ3n) is 6.13. The van der Waals surface area contributed by atoms with Crippen LogP contribution < -0.4 is 15.8 Å². The molecule has 5 rings (SSSR count). The molecule has 180 valence electrons. The Bertz CT molecular complexity index is 1440. The molecule has 0 unspecified atom stereocenters. The number of fused-ring (bicyclic) bond motifs is 3. The van der Waals surface area contributed by atoms with Crippen LogP contribution >= 0.6 is 0 Å². The summed E-state index contributed by atoms with van der Waals surface area (Å²) < 4.78 is 8.44. The number of aromatic amines is 1. The van der Waals surface area contributed by atoms with Gasteiger partial charge in [0.2, 0.25) is 5.91 Å². The van der Waals surface area contributed by atoms with E-state index in [0.29, 0.717) is 31.2 Å². The van der Waals surface area contributed by atoms with Gasteiger partial charge in [0.05, 0.1) is 30.0 Å². The Morgan fingerprint density at radius 1 is 1.20 bits per heavy atom. The van der Waals surface area contributed by atoms with Crippen LogP contribution in [-0.2, 0) is 35.5 Å². The number of aromatic nitrogens is 5. The van der Waals surface area contributed by atoms with Crippen molar-refractivity contribution in [2.45, 2.75) is 32.4 Å². The molecule has 0 atom stereocenters. The predicted octanol–water partition coefficient (Wildman–Crippen LogP) is 2.32. The topological polar surface area (TPSA) is 127 Å². The summed E-state index contributed by atoms with van der Waals surface area (Å²) in [6.07, 6.45) is 4.87. The van der Waals surface area contributed by atoms with Crippen LogP contribution in [0.25, 0.3) is 11.0 Å². The van der Waals surface area contributed by atoms with E-state index in [4.69, 9.17) is 9.72 Å². The Morgan fingerprint density at radius 2 is 2.09 bits per heavy atom. The number of H-pyrrole nitrogens is 1. The quantitative estimate of drug-likeness (QED) is 0.441. The van der Waals surface area contributed by atoms with Crippen molar-refractivity contribution in [3.63, 3.8) is 0 Å². The van der Waals surface area contributed by atoms with Crippen LogP contribution in [0.2, 0.25) is 0 Å². The smallest absolute Gasteiger partial charge is 0.414 e. The first kappa shape index (κ1) is 22.4. The van der Waals surface area contributed by atoms with Crippen molar-refractivity contribution in [1.82, 2.24) is 24.3 Å². The Hall–Kier alpha value is -4.41. The lowest BCUT2D eigenvalue weighted by molar-refractivity contribution is -0.116. The predicted molar refractivity (Wildman–Crippen MR) is 129 cm³/mol. The van der Waals surface area contributed by atoms with Crippen molar-refractivity contribution in [2.75, 3.05) is 23.9 Å². The van der Waals surface area contributed by atoms with E-state index in [2.05, 4.69) is 15.5 Å². The number of ether oxygens (including phenoxy) is 1. The maximum Gasteiger partial charge on any atom is 0.414 e. The molecule has 2 N–H and O–H groups in total. The molecule has 0 saturated carbocycles. The third-order valence-corrected chi connectivity index (χ3v) is 6.13. The SMILES string of the molecule is COC(=O)N1CCCc2c1ccc1c2nc(CCn2ccccc2=O)n1CC(=O)Nc1ccn[nH]1. The second-order valence-corrected chi connectivity index (χ2v) is 8.27. The van der Waals surface area contributed by atoms with Crippen molar-refractivity contribution < 1.29 is 14.3 Å². The van der Waals surface area contributed by atoms with Gasteiger partial charge in [-0.2, -0.15) is 5.10 Å². The number of nitrogens with one attached hydrogen (secondary N) is 2. The van der Waals surface area contributed by atoms with E-state index in [1.165, 1.54) is 13.2 Å². The average Bonchev–Trinajstić information content (AvgIpc) is 3.50. The van der Waals surface area contributed by atoms with E-state index in [1.54, 1.807) is 40.1 Å². The standard InChI is InChI=1S/C24H25N7O4/c1-35-24(34)30-13-4-5-16-17(30)7-8-18-23(16)27-20(10-14-29-12-3-2-6-22(29)33)31(18)15-21(32)26-19-9-11-25-28-19/h2-3,6-9,11-12H,4-5,10,13-15H2,1H3,(H2,25,26,28,32). The minimum Gasteiger partial charge on any atom is -0.452 e. The van der Waals surface area contributed by atoms with Crippen molar-refractivity contribution >= 4 is 34.5 Å². The number of methoxy groups -OCH3 is 1. The minimum absolute atomic E-state index is 0.0358. The van der Waals surface area contributed by atoms with E-state index < -0.39 is 6.09 Å². The highest BCUT2D eigenvalue weighted by Gasteiger charge is 2.27. The zero-order valence-electron chi connectivity index (χ0n) is 19.2. The van der Waals surface area contributed by atoms with Gasteiger partial charge in [0.1, 0.15) is 18.2 Å². The van der Waals surface area contributed by atoms with Crippen molar-refractivity contribution in [3.05, 3.63) is 70.5 Å². The maximum absolute atomic E-state index is 12.8. The van der Waals surface area contributed by atoms with Gasteiger partial charge in [-0.1, -0.05) is 6.07 Å². The van der Waals surface area contributed by atoms with Crippen LogP contribution in [0, 0.1) is 0 Å². The van der Waals surface area contributed by atoms with Crippen LogP contribution in [0.3, 0.4) is 0 Å². The maximum atomic E-state index is 12.8. The van der Waals surface area contributed by atoms with E-state index >= 15 is 0 Å². The van der Waals surface area contributed by atoms with Crippen LogP contribution in [0.15, 0.2) is 53.6 Å². The van der Waals surface area contributed by atoms with Crippen LogP contribution in [-0.4, -0.2) is 50.0 Å². The number of benzene rings is 1. The number of aryl methyl sites for hydroxylation is 3. The van der Waals surface area contributed by atoms with Crippen molar-refractivity contribution in [3.8, 4) is 0 Å². The van der Waals surface area contributed by atoms with Gasteiger partial charge in [0.15, 0.2) is 0 Å². The number of anilines is 2. The summed E-state index contributed by atoms with van der Waals surface area (Å²) in [7, 11) is 1.37. The summed E-state index contributed by atoms with van der Waals surface area (Å²) in [5.41, 5.74) is 3.17. The number of pyridine rings is 1. The number of nitrogens with zero attached hydrogens (tertiary/aromatic N) is 5. The number of imidazole rings is 1. The molecule has 0 saturated heterocycles. The second kappa shape index (κ2) is 9.45. The number of carbonyl (C=O) groups excluding carboxylic acids is 2. The first-order valence-electron chi connectivity index (χ1n) is 11.4. The molecule has 1 aliphatic rings. The van der Waals surface area contributed by atoms with Gasteiger partial charge in [-0.15, -0.1) is 0 Å². The summed E-state index contributed by atoms with van der Waals surface area (Å²) in [5, 5.41) is 9.37. The zero-order valence-corrected chi connectivity index (χ0v) is 19.2. The lowest BCUT2D eigenvalue weighted by Crippen LogP contribution is -2.35. The van der Waals surface area contributed by atoms with Gasteiger partial charge in [0.25, 0.3) is 5.56 Å². The summed E-state index contributed by atoms with van der Waals surface area (Å²) in [6.45, 7) is 1.03. The Kier molecular flexibility index (Phi) is 6.04. The summed E-state index contributed by atoms with van der Waals surface area (Å²) in [4.78, 5) is 43.9. The zero-order chi connectivity index (χ0) is 24.4. The van der Waals surface area contributed by atoms with E-state index in [9.17, 15) is 14.4 Å². The summed E-state index contributed by atoms with van der Waals surface area (Å²) in [6, 6.07) is 10.4. The number of rotatable bonds is 6. The monoisotopic (exact) mass is 475 g/mol. The number of hydrogen-bond donors (Lipinski definition) is 2. The Balaban J connectivity index is 1.54. The Labute approximate surface area is 200 Å². The molecular weight excluding hydrogens is 450 g/mol. The molecule has 11 heteroatoms. The average molecular weight is 476 g/mol. The molecule has 1 aliphatic heterocycles. The molecule has 1 aromatic carbocycles. The van der Waals surface area contributed by atoms with Gasteiger partial charge in [-0.25, -0.2) is 9.78 Å². The van der Waals surface area contributed by atoms with E-state index in [0.717, 1.165) is 35.1 Å². The van der Waals surface area contributed by atoms with Crippen molar-refractivity contribution in [2.24, 2.45) is 0 Å². The highest BCUT2D eigenvalue weighted by atomic mass is 16.5. The van der Waals surface area contributed by atoms with Gasteiger partial charge >= 0.3 is 6.09 Å².